The fraction of sp³-hybridized carbons (Fsp3) is 0.425. The Morgan fingerprint density at radius 1 is 0.690 bits per heavy atom. The van der Waals surface area contributed by atoms with Crippen molar-refractivity contribution in [2.75, 3.05) is 0 Å². The van der Waals surface area contributed by atoms with Crippen molar-refractivity contribution in [1.82, 2.24) is 0 Å². The molecule has 2 heteroatoms. The summed E-state index contributed by atoms with van der Waals surface area (Å²) in [5.41, 5.74) is 9.41. The number of Topliss-reactive ketones (excluding diaryl/α,β-unsaturated/α-hetero) is 1. The molecule has 2 rings (SSSR count). The first-order valence-corrected chi connectivity index (χ1v) is 15.4. The van der Waals surface area contributed by atoms with Gasteiger partial charge in [0.15, 0.2) is 5.78 Å². The summed E-state index contributed by atoms with van der Waals surface area (Å²) in [6, 6.07) is 0. The molecule has 0 bridgehead atoms. The Kier molecular flexibility index (Phi) is 13.2. The molecule has 0 aliphatic heterocycles. The van der Waals surface area contributed by atoms with E-state index < -0.39 is 11.5 Å². The summed E-state index contributed by atoms with van der Waals surface area (Å²) in [5, 5.41) is 10.0. The Balaban J connectivity index is 1.92. The van der Waals surface area contributed by atoms with Gasteiger partial charge in [0.2, 0.25) is 0 Å². The molecule has 0 aromatic heterocycles. The molecular weight excluding hydrogens is 512 g/mol. The van der Waals surface area contributed by atoms with Crippen molar-refractivity contribution in [3.63, 3.8) is 0 Å². The maximum atomic E-state index is 12.4. The van der Waals surface area contributed by atoms with Crippen LogP contribution in [0.1, 0.15) is 94.9 Å². The molecule has 2 nitrogen and oxygen atoms in total. The highest BCUT2D eigenvalue weighted by atomic mass is 16.3. The molecule has 226 valence electrons. The van der Waals surface area contributed by atoms with Gasteiger partial charge in [0, 0.05) is 6.42 Å². The van der Waals surface area contributed by atoms with Crippen molar-refractivity contribution in [1.29, 1.82) is 0 Å². The quantitative estimate of drug-likeness (QED) is 0.267. The Bertz CT molecular complexity index is 1330. The molecule has 0 heterocycles. The standard InChI is InChI=1S/C40H54O2/c1-29(18-13-20-31(3)23-25-35-33(5)22-15-27-39(35,7)8)16-11-12-17-30(2)19-14-21-32(4)24-26-36-34(6)28-37(41)38(42)40(36,9)10/h11-14,16-21,23-26,37,41H,15,22,27-28H2,1-10H3/b12-11+,18-13+,19-14+,25-23+,26-24+,29-16+,30-17+,31-20+,32-21+/t37-/m1/s1. The van der Waals surface area contributed by atoms with Gasteiger partial charge in [0.05, 0.1) is 5.41 Å². The van der Waals surface area contributed by atoms with E-state index in [-0.39, 0.29) is 11.2 Å². The first-order valence-electron chi connectivity index (χ1n) is 15.4. The average molecular weight is 567 g/mol. The van der Waals surface area contributed by atoms with Gasteiger partial charge in [-0.05, 0) is 91.2 Å². The van der Waals surface area contributed by atoms with E-state index in [2.05, 4.69) is 108 Å². The largest absolute Gasteiger partial charge is 0.385 e. The third-order valence-electron chi connectivity index (χ3n) is 8.39. The van der Waals surface area contributed by atoms with E-state index in [9.17, 15) is 9.90 Å². The summed E-state index contributed by atoms with van der Waals surface area (Å²) in [6.45, 7) is 21.2. The molecule has 1 N–H and O–H groups in total. The molecular formula is C40H54O2. The van der Waals surface area contributed by atoms with Gasteiger partial charge < -0.3 is 5.11 Å². The predicted molar refractivity (Wildman–Crippen MR) is 183 cm³/mol. The summed E-state index contributed by atoms with van der Waals surface area (Å²) in [5.74, 6) is -0.105. The minimum absolute atomic E-state index is 0.105. The molecule has 0 fully saturated rings. The third-order valence-corrected chi connectivity index (χ3v) is 8.39. The van der Waals surface area contributed by atoms with Crippen LogP contribution in [-0.4, -0.2) is 17.0 Å². The molecule has 42 heavy (non-hydrogen) atoms. The third kappa shape index (κ3) is 10.6. The smallest absolute Gasteiger partial charge is 0.171 e. The minimum Gasteiger partial charge on any atom is -0.385 e. The number of ketones is 1. The van der Waals surface area contributed by atoms with E-state index in [0.29, 0.717) is 6.42 Å². The number of hydrogen-bond acceptors (Lipinski definition) is 2. The van der Waals surface area contributed by atoms with Gasteiger partial charge in [-0.15, -0.1) is 0 Å². The van der Waals surface area contributed by atoms with Crippen LogP contribution in [0.5, 0.6) is 0 Å². The van der Waals surface area contributed by atoms with Crippen molar-refractivity contribution >= 4 is 5.78 Å². The van der Waals surface area contributed by atoms with Gasteiger partial charge in [0.1, 0.15) is 6.10 Å². The minimum atomic E-state index is -0.892. The molecule has 2 aliphatic carbocycles. The van der Waals surface area contributed by atoms with Crippen LogP contribution < -0.4 is 0 Å². The second kappa shape index (κ2) is 15.8. The Labute approximate surface area is 256 Å². The van der Waals surface area contributed by atoms with Crippen LogP contribution in [0.3, 0.4) is 0 Å². The highest BCUT2D eigenvalue weighted by Crippen LogP contribution is 2.41. The summed E-state index contributed by atoms with van der Waals surface area (Å²) < 4.78 is 0. The lowest BCUT2D eigenvalue weighted by Gasteiger charge is -2.34. The number of aliphatic hydroxyl groups excluding tert-OH is 1. The lowest BCUT2D eigenvalue weighted by Crippen LogP contribution is -2.40. The van der Waals surface area contributed by atoms with Crippen LogP contribution >= 0.6 is 0 Å². The Morgan fingerprint density at radius 2 is 1.14 bits per heavy atom. The number of allylic oxidation sites excluding steroid dienone is 21. The normalized spacial score (nSPS) is 23.3. The number of rotatable bonds is 10. The first-order chi connectivity index (χ1) is 19.6. The highest BCUT2D eigenvalue weighted by Gasteiger charge is 2.40. The van der Waals surface area contributed by atoms with E-state index in [1.807, 2.05) is 45.9 Å². The van der Waals surface area contributed by atoms with Gasteiger partial charge in [-0.2, -0.15) is 0 Å². The fourth-order valence-electron chi connectivity index (χ4n) is 5.71. The van der Waals surface area contributed by atoms with Gasteiger partial charge in [-0.3, -0.25) is 4.79 Å². The second-order valence-corrected chi connectivity index (χ2v) is 13.2. The van der Waals surface area contributed by atoms with Crippen LogP contribution in [-0.2, 0) is 4.79 Å². The molecule has 2 aliphatic rings. The molecule has 0 saturated carbocycles. The SMILES string of the molecule is CC1=C(/C=C/C(C)=C/C=C/C(C)=C/C=C/C=C(C)/C=C/C=C(C)/C=C/C2=C(C)C[C@@H](O)C(=O)C2(C)C)C(C)(C)CCC1. The Hall–Kier alpha value is -3.23. The monoisotopic (exact) mass is 566 g/mol. The maximum absolute atomic E-state index is 12.4. The van der Waals surface area contributed by atoms with Crippen molar-refractivity contribution in [2.24, 2.45) is 10.8 Å². The highest BCUT2D eigenvalue weighted by molar-refractivity contribution is 5.93. The van der Waals surface area contributed by atoms with Crippen molar-refractivity contribution in [3.8, 4) is 0 Å². The average Bonchev–Trinajstić information content (AvgIpc) is 2.89. The van der Waals surface area contributed by atoms with E-state index in [1.54, 1.807) is 0 Å². The molecule has 0 amide bonds. The van der Waals surface area contributed by atoms with Crippen LogP contribution in [0.25, 0.3) is 0 Å². The van der Waals surface area contributed by atoms with Gasteiger partial charge in [0.25, 0.3) is 0 Å². The van der Waals surface area contributed by atoms with Crippen LogP contribution in [0.2, 0.25) is 0 Å². The summed E-state index contributed by atoms with van der Waals surface area (Å²) >= 11 is 0. The van der Waals surface area contributed by atoms with E-state index >= 15 is 0 Å². The summed E-state index contributed by atoms with van der Waals surface area (Å²) in [7, 11) is 0. The lowest BCUT2D eigenvalue weighted by atomic mass is 9.70. The van der Waals surface area contributed by atoms with Gasteiger partial charge in [-0.25, -0.2) is 0 Å². The van der Waals surface area contributed by atoms with Crippen molar-refractivity contribution in [3.05, 3.63) is 130 Å². The lowest BCUT2D eigenvalue weighted by molar-refractivity contribution is -0.134. The second-order valence-electron chi connectivity index (χ2n) is 13.2. The fourth-order valence-corrected chi connectivity index (χ4v) is 5.71. The van der Waals surface area contributed by atoms with E-state index in [0.717, 1.165) is 22.3 Å². The summed E-state index contributed by atoms with van der Waals surface area (Å²) in [6.07, 6.45) is 32.9. The zero-order chi connectivity index (χ0) is 31.5. The van der Waals surface area contributed by atoms with Gasteiger partial charge >= 0.3 is 0 Å². The van der Waals surface area contributed by atoms with Crippen LogP contribution in [0.4, 0.5) is 0 Å². The Morgan fingerprint density at radius 3 is 1.64 bits per heavy atom. The number of carbonyl (C=O) groups is 1. The molecule has 0 radical (unpaired) electrons. The summed E-state index contributed by atoms with van der Waals surface area (Å²) in [4.78, 5) is 12.4. The van der Waals surface area contributed by atoms with Crippen LogP contribution in [0.15, 0.2) is 130 Å². The first kappa shape index (κ1) is 35.0. The zero-order valence-corrected chi connectivity index (χ0v) is 27.8. The molecule has 0 aromatic carbocycles. The van der Waals surface area contributed by atoms with Crippen molar-refractivity contribution in [2.45, 2.75) is 101 Å². The van der Waals surface area contributed by atoms with Gasteiger partial charge in [-0.1, -0.05) is 132 Å². The molecule has 0 spiro atoms. The van der Waals surface area contributed by atoms with E-state index in [4.69, 9.17) is 0 Å². The number of carbonyl (C=O) groups excluding carboxylic acids is 1. The number of aliphatic hydroxyl groups is 1. The van der Waals surface area contributed by atoms with Crippen molar-refractivity contribution < 1.29 is 9.90 Å². The zero-order valence-electron chi connectivity index (χ0n) is 27.8. The topological polar surface area (TPSA) is 37.3 Å². The molecule has 0 unspecified atom stereocenters. The van der Waals surface area contributed by atoms with Crippen LogP contribution in [0, 0.1) is 10.8 Å². The molecule has 0 aromatic rings. The maximum Gasteiger partial charge on any atom is 0.171 e. The molecule has 1 atom stereocenters. The predicted octanol–water partition coefficient (Wildman–Crippen LogP) is 10.8. The van der Waals surface area contributed by atoms with E-state index in [1.165, 1.54) is 41.6 Å². The number of hydrogen-bond donors (Lipinski definition) is 1. The molecule has 0 saturated heterocycles.